The third kappa shape index (κ3) is 3.25. The first-order valence-corrected chi connectivity index (χ1v) is 6.25. The van der Waals surface area contributed by atoms with E-state index in [0.29, 0.717) is 28.4 Å². The average Bonchev–Trinajstić information content (AvgIpc) is 2.45. The molecule has 1 unspecified atom stereocenters. The first kappa shape index (κ1) is 13.4. The highest BCUT2D eigenvalue weighted by Gasteiger charge is 2.11. The molecule has 3 nitrogen and oxygen atoms in total. The van der Waals surface area contributed by atoms with Gasteiger partial charge in [-0.05, 0) is 18.2 Å². The van der Waals surface area contributed by atoms with E-state index in [1.807, 2.05) is 18.2 Å². The van der Waals surface area contributed by atoms with Crippen LogP contribution in [0.5, 0.6) is 0 Å². The van der Waals surface area contributed by atoms with Gasteiger partial charge in [-0.1, -0.05) is 41.9 Å². The van der Waals surface area contributed by atoms with Gasteiger partial charge in [0.15, 0.2) is 0 Å². The van der Waals surface area contributed by atoms with Crippen molar-refractivity contribution in [3.8, 4) is 6.07 Å². The molecule has 0 amide bonds. The first-order chi connectivity index (χ1) is 9.22. The molecule has 1 atom stereocenters. The van der Waals surface area contributed by atoms with E-state index in [1.54, 1.807) is 30.3 Å². The Bertz CT molecular complexity index is 607. The summed E-state index contributed by atoms with van der Waals surface area (Å²) < 4.78 is 0. The Kier molecular flexibility index (Phi) is 4.40. The van der Waals surface area contributed by atoms with Gasteiger partial charge in [-0.15, -0.1) is 0 Å². The molecule has 0 aliphatic heterocycles. The minimum Gasteiger partial charge on any atom is -0.387 e. The van der Waals surface area contributed by atoms with Crippen molar-refractivity contribution in [2.75, 3.05) is 11.9 Å². The van der Waals surface area contributed by atoms with E-state index in [2.05, 4.69) is 11.4 Å². The number of rotatable bonds is 4. The molecule has 0 fully saturated rings. The number of anilines is 1. The fourth-order valence-electron chi connectivity index (χ4n) is 1.80. The van der Waals surface area contributed by atoms with Crippen molar-refractivity contribution in [1.29, 1.82) is 5.26 Å². The summed E-state index contributed by atoms with van der Waals surface area (Å²) in [5, 5.41) is 22.7. The molecule has 0 aliphatic carbocycles. The van der Waals surface area contributed by atoms with Gasteiger partial charge in [-0.3, -0.25) is 0 Å². The van der Waals surface area contributed by atoms with Crippen LogP contribution in [-0.4, -0.2) is 11.7 Å². The molecule has 0 spiro atoms. The van der Waals surface area contributed by atoms with Gasteiger partial charge in [0.05, 0.1) is 17.4 Å². The second-order valence-electron chi connectivity index (χ2n) is 4.08. The topological polar surface area (TPSA) is 56.0 Å². The third-order valence-electron chi connectivity index (χ3n) is 2.80. The number of nitriles is 1. The molecule has 2 rings (SSSR count). The zero-order valence-electron chi connectivity index (χ0n) is 10.2. The molecule has 2 N–H and O–H groups in total. The maximum atomic E-state index is 10.1. The highest BCUT2D eigenvalue weighted by Crippen LogP contribution is 2.23. The van der Waals surface area contributed by atoms with E-state index >= 15 is 0 Å². The van der Waals surface area contributed by atoms with Gasteiger partial charge in [0.2, 0.25) is 0 Å². The molecule has 96 valence electrons. The van der Waals surface area contributed by atoms with Crippen LogP contribution in [0.3, 0.4) is 0 Å². The molecule has 2 aromatic carbocycles. The number of hydrogen-bond donors (Lipinski definition) is 2. The van der Waals surface area contributed by atoms with E-state index in [-0.39, 0.29) is 0 Å². The van der Waals surface area contributed by atoms with Crippen molar-refractivity contribution in [1.82, 2.24) is 0 Å². The molecule has 0 aromatic heterocycles. The SMILES string of the molecule is N#Cc1ccccc1NCC(O)c1ccccc1Cl. The average molecular weight is 273 g/mol. The lowest BCUT2D eigenvalue weighted by molar-refractivity contribution is 0.192. The van der Waals surface area contributed by atoms with Crippen LogP contribution in [0, 0.1) is 11.3 Å². The molecule has 4 heteroatoms. The van der Waals surface area contributed by atoms with Crippen LogP contribution >= 0.6 is 11.6 Å². The number of aliphatic hydroxyl groups is 1. The Labute approximate surface area is 117 Å². The summed E-state index contributed by atoms with van der Waals surface area (Å²) in [5.41, 5.74) is 1.93. The third-order valence-corrected chi connectivity index (χ3v) is 3.14. The van der Waals surface area contributed by atoms with Crippen molar-refractivity contribution < 1.29 is 5.11 Å². The molecule has 0 bridgehead atoms. The zero-order chi connectivity index (χ0) is 13.7. The number of halogens is 1. The summed E-state index contributed by atoms with van der Waals surface area (Å²) >= 11 is 6.02. The van der Waals surface area contributed by atoms with Crippen molar-refractivity contribution in [2.24, 2.45) is 0 Å². The lowest BCUT2D eigenvalue weighted by Gasteiger charge is -2.15. The molecular weight excluding hydrogens is 260 g/mol. The summed E-state index contributed by atoms with van der Waals surface area (Å²) in [5.74, 6) is 0. The van der Waals surface area contributed by atoms with Crippen LogP contribution in [0.25, 0.3) is 0 Å². The summed E-state index contributed by atoms with van der Waals surface area (Å²) in [6.07, 6.45) is -0.722. The van der Waals surface area contributed by atoms with E-state index < -0.39 is 6.10 Å². The van der Waals surface area contributed by atoms with E-state index in [9.17, 15) is 5.11 Å². The summed E-state index contributed by atoms with van der Waals surface area (Å²) in [6.45, 7) is 0.294. The second-order valence-corrected chi connectivity index (χ2v) is 4.48. The number of nitrogens with one attached hydrogen (secondary N) is 1. The maximum absolute atomic E-state index is 10.1. The Balaban J connectivity index is 2.07. The van der Waals surface area contributed by atoms with E-state index in [4.69, 9.17) is 16.9 Å². The van der Waals surface area contributed by atoms with Gasteiger partial charge < -0.3 is 10.4 Å². The summed E-state index contributed by atoms with van der Waals surface area (Å²) in [6, 6.07) is 16.4. The minimum absolute atomic E-state index is 0.294. The number of aliphatic hydroxyl groups excluding tert-OH is 1. The molecule has 0 saturated heterocycles. The quantitative estimate of drug-likeness (QED) is 0.897. The normalized spacial score (nSPS) is 11.6. The zero-order valence-corrected chi connectivity index (χ0v) is 10.9. The van der Waals surface area contributed by atoms with E-state index in [1.165, 1.54) is 0 Å². The van der Waals surface area contributed by atoms with Crippen LogP contribution in [0.1, 0.15) is 17.2 Å². The lowest BCUT2D eigenvalue weighted by atomic mass is 10.1. The minimum atomic E-state index is -0.722. The van der Waals surface area contributed by atoms with Crippen LogP contribution in [0.4, 0.5) is 5.69 Å². The number of nitrogens with zero attached hydrogens (tertiary/aromatic N) is 1. The predicted octanol–water partition coefficient (Wildman–Crippen LogP) is 3.36. The second kappa shape index (κ2) is 6.24. The van der Waals surface area contributed by atoms with Crippen LogP contribution in [0.15, 0.2) is 48.5 Å². The largest absolute Gasteiger partial charge is 0.387 e. The van der Waals surface area contributed by atoms with E-state index in [0.717, 1.165) is 0 Å². The summed E-state index contributed by atoms with van der Waals surface area (Å²) in [4.78, 5) is 0. The van der Waals surface area contributed by atoms with Crippen LogP contribution in [-0.2, 0) is 0 Å². The Morgan fingerprint density at radius 1 is 1.16 bits per heavy atom. The van der Waals surface area contributed by atoms with Gasteiger partial charge in [0.25, 0.3) is 0 Å². The van der Waals surface area contributed by atoms with Crippen molar-refractivity contribution >= 4 is 17.3 Å². The monoisotopic (exact) mass is 272 g/mol. The van der Waals surface area contributed by atoms with Gasteiger partial charge in [0.1, 0.15) is 6.07 Å². The molecule has 2 aromatic rings. The van der Waals surface area contributed by atoms with Gasteiger partial charge in [-0.25, -0.2) is 0 Å². The number of para-hydroxylation sites is 1. The highest BCUT2D eigenvalue weighted by molar-refractivity contribution is 6.31. The van der Waals surface area contributed by atoms with Crippen LogP contribution in [0.2, 0.25) is 5.02 Å². The Hall–Kier alpha value is -2.02. The first-order valence-electron chi connectivity index (χ1n) is 5.88. The van der Waals surface area contributed by atoms with Crippen molar-refractivity contribution in [3.05, 3.63) is 64.7 Å². The van der Waals surface area contributed by atoms with Crippen molar-refractivity contribution in [2.45, 2.75) is 6.10 Å². The van der Waals surface area contributed by atoms with Crippen molar-refractivity contribution in [3.63, 3.8) is 0 Å². The fourth-order valence-corrected chi connectivity index (χ4v) is 2.06. The molecule has 0 saturated carbocycles. The summed E-state index contributed by atoms with van der Waals surface area (Å²) in [7, 11) is 0. The van der Waals surface area contributed by atoms with Gasteiger partial charge in [0, 0.05) is 17.1 Å². The van der Waals surface area contributed by atoms with Gasteiger partial charge >= 0.3 is 0 Å². The molecule has 19 heavy (non-hydrogen) atoms. The van der Waals surface area contributed by atoms with Gasteiger partial charge in [-0.2, -0.15) is 5.26 Å². The Morgan fingerprint density at radius 3 is 2.58 bits per heavy atom. The standard InChI is InChI=1S/C15H13ClN2O/c16-13-7-3-2-6-12(13)15(19)10-18-14-8-4-1-5-11(14)9-17/h1-8,15,18-19H,10H2. The fraction of sp³-hybridized carbons (Fsp3) is 0.133. The molecule has 0 aliphatic rings. The Morgan fingerprint density at radius 2 is 1.84 bits per heavy atom. The maximum Gasteiger partial charge on any atom is 0.101 e. The molecule has 0 heterocycles. The highest BCUT2D eigenvalue weighted by atomic mass is 35.5. The molecule has 0 radical (unpaired) electrons. The number of hydrogen-bond acceptors (Lipinski definition) is 3. The predicted molar refractivity (Wildman–Crippen MR) is 76.1 cm³/mol. The van der Waals surface area contributed by atoms with Crippen LogP contribution < -0.4 is 5.32 Å². The number of benzene rings is 2. The lowest BCUT2D eigenvalue weighted by Crippen LogP contribution is -2.13. The molecular formula is C15H13ClN2O. The smallest absolute Gasteiger partial charge is 0.101 e.